The van der Waals surface area contributed by atoms with E-state index in [1.54, 1.807) is 0 Å². The fourth-order valence-electron chi connectivity index (χ4n) is 3.15. The fraction of sp³-hybridized carbons (Fsp3) is 0.150. The summed E-state index contributed by atoms with van der Waals surface area (Å²) in [5.74, 6) is 0. The van der Waals surface area contributed by atoms with E-state index in [2.05, 4.69) is 67.9 Å². The average molecular weight is 288 g/mol. The van der Waals surface area contributed by atoms with Gasteiger partial charge in [0.1, 0.15) is 18.2 Å². The third-order valence-corrected chi connectivity index (χ3v) is 4.49. The van der Waals surface area contributed by atoms with Gasteiger partial charge in [-0.25, -0.2) is 0 Å². The lowest BCUT2D eigenvalue weighted by atomic mass is 10.0. The number of benzene rings is 2. The lowest BCUT2D eigenvalue weighted by Gasteiger charge is -2.06. The summed E-state index contributed by atoms with van der Waals surface area (Å²) in [7, 11) is 2.10. The maximum atomic E-state index is 6.20. The van der Waals surface area contributed by atoms with Crippen LogP contribution in [0.1, 0.15) is 11.3 Å². The Morgan fingerprint density at radius 3 is 2.50 bits per heavy atom. The molecule has 2 heterocycles. The first-order chi connectivity index (χ1) is 10.7. The number of furan rings is 1. The summed E-state index contributed by atoms with van der Waals surface area (Å²) in [6, 6.07) is 19.0. The van der Waals surface area contributed by atoms with Crippen LogP contribution in [0.5, 0.6) is 0 Å². The average Bonchev–Trinajstić information content (AvgIpc) is 2.89. The van der Waals surface area contributed by atoms with Crippen LogP contribution in [0.3, 0.4) is 0 Å². The van der Waals surface area contributed by atoms with Gasteiger partial charge in [-0.2, -0.15) is 4.57 Å². The summed E-state index contributed by atoms with van der Waals surface area (Å²) in [5, 5.41) is 2.35. The number of fused-ring (bicyclic) bond motifs is 3. The minimum Gasteiger partial charge on any atom is -0.455 e. The number of pyridine rings is 1. The number of nitrogens with zero attached hydrogens (tertiary/aromatic N) is 1. The van der Waals surface area contributed by atoms with Gasteiger partial charge >= 0.3 is 0 Å². The lowest BCUT2D eigenvalue weighted by molar-refractivity contribution is -0.666. The molecule has 0 unspecified atom stereocenters. The highest BCUT2D eigenvalue weighted by atomic mass is 16.3. The molecule has 0 saturated carbocycles. The lowest BCUT2D eigenvalue weighted by Crippen LogP contribution is -2.34. The highest BCUT2D eigenvalue weighted by Crippen LogP contribution is 2.36. The van der Waals surface area contributed by atoms with Crippen molar-refractivity contribution in [3.63, 3.8) is 0 Å². The zero-order valence-electron chi connectivity index (χ0n) is 13.1. The van der Waals surface area contributed by atoms with E-state index in [4.69, 9.17) is 4.42 Å². The Morgan fingerprint density at radius 2 is 1.64 bits per heavy atom. The van der Waals surface area contributed by atoms with Gasteiger partial charge in [0.25, 0.3) is 0 Å². The third-order valence-electron chi connectivity index (χ3n) is 4.49. The predicted molar refractivity (Wildman–Crippen MR) is 89.8 cm³/mol. The van der Waals surface area contributed by atoms with Crippen molar-refractivity contribution >= 4 is 21.9 Å². The molecule has 0 aliphatic rings. The normalized spacial score (nSPS) is 11.4. The van der Waals surface area contributed by atoms with Crippen molar-refractivity contribution in [2.24, 2.45) is 7.05 Å². The van der Waals surface area contributed by atoms with Crippen molar-refractivity contribution in [1.29, 1.82) is 0 Å². The zero-order chi connectivity index (χ0) is 15.3. The van der Waals surface area contributed by atoms with Gasteiger partial charge in [-0.1, -0.05) is 30.3 Å². The van der Waals surface area contributed by atoms with Gasteiger partial charge in [0.05, 0.1) is 5.56 Å². The molecule has 0 aliphatic carbocycles. The van der Waals surface area contributed by atoms with Crippen LogP contribution in [0.25, 0.3) is 33.2 Å². The molecule has 0 bridgehead atoms. The monoisotopic (exact) mass is 288 g/mol. The number of hydrogen-bond acceptors (Lipinski definition) is 1. The molecule has 0 radical (unpaired) electrons. The molecule has 108 valence electrons. The second-order valence-electron chi connectivity index (χ2n) is 5.84. The Balaban J connectivity index is 2.17. The Labute approximate surface area is 129 Å². The number of aromatic nitrogens is 1. The van der Waals surface area contributed by atoms with E-state index in [-0.39, 0.29) is 0 Å². The number of rotatable bonds is 1. The van der Waals surface area contributed by atoms with Crippen molar-refractivity contribution in [2.75, 3.05) is 0 Å². The van der Waals surface area contributed by atoms with Crippen LogP contribution in [-0.2, 0) is 7.05 Å². The Hall–Kier alpha value is -2.61. The molecular formula is C20H18NO+. The molecule has 4 aromatic rings. The molecule has 22 heavy (non-hydrogen) atoms. The second-order valence-corrected chi connectivity index (χ2v) is 5.84. The molecule has 0 saturated heterocycles. The molecule has 0 atom stereocenters. The SMILES string of the molecule is Cc1ccc2c(oc3ccccc32)c1-c1cccc(C)[n+]1C. The first-order valence-electron chi connectivity index (χ1n) is 7.53. The summed E-state index contributed by atoms with van der Waals surface area (Å²) in [5.41, 5.74) is 6.74. The van der Waals surface area contributed by atoms with Crippen molar-refractivity contribution in [3.8, 4) is 11.3 Å². The Kier molecular flexibility index (Phi) is 2.80. The van der Waals surface area contributed by atoms with Crippen LogP contribution in [0.2, 0.25) is 0 Å². The molecule has 0 fully saturated rings. The van der Waals surface area contributed by atoms with Gasteiger partial charge in [0, 0.05) is 29.8 Å². The maximum Gasteiger partial charge on any atom is 0.216 e. The minimum absolute atomic E-state index is 0.944. The van der Waals surface area contributed by atoms with E-state index in [0.717, 1.165) is 11.2 Å². The number of hydrogen-bond donors (Lipinski definition) is 0. The quantitative estimate of drug-likeness (QED) is 0.464. The molecule has 2 heteroatoms. The predicted octanol–water partition coefficient (Wildman–Crippen LogP) is 4.69. The molecule has 2 nitrogen and oxygen atoms in total. The number of para-hydroxylation sites is 1. The minimum atomic E-state index is 0.944. The summed E-state index contributed by atoms with van der Waals surface area (Å²) < 4.78 is 8.42. The first-order valence-corrected chi connectivity index (χ1v) is 7.53. The van der Waals surface area contributed by atoms with E-state index in [0.29, 0.717) is 0 Å². The van der Waals surface area contributed by atoms with Crippen LogP contribution in [0.4, 0.5) is 0 Å². The van der Waals surface area contributed by atoms with Gasteiger partial charge in [0.15, 0.2) is 5.69 Å². The summed E-state index contributed by atoms with van der Waals surface area (Å²) in [6.45, 7) is 4.27. The van der Waals surface area contributed by atoms with Crippen LogP contribution in [-0.4, -0.2) is 0 Å². The third kappa shape index (κ3) is 1.77. The molecule has 4 rings (SSSR count). The largest absolute Gasteiger partial charge is 0.455 e. The zero-order valence-corrected chi connectivity index (χ0v) is 13.1. The van der Waals surface area contributed by atoms with Gasteiger partial charge < -0.3 is 4.42 Å². The van der Waals surface area contributed by atoms with E-state index < -0.39 is 0 Å². The van der Waals surface area contributed by atoms with Crippen molar-refractivity contribution in [1.82, 2.24) is 0 Å². The van der Waals surface area contributed by atoms with E-state index >= 15 is 0 Å². The molecule has 0 aliphatic heterocycles. The van der Waals surface area contributed by atoms with E-state index in [1.165, 1.54) is 33.3 Å². The first kappa shape index (κ1) is 13.1. The van der Waals surface area contributed by atoms with Crippen LogP contribution < -0.4 is 4.57 Å². The molecule has 2 aromatic heterocycles. The molecule has 0 N–H and O–H groups in total. The number of aryl methyl sites for hydroxylation is 2. The highest BCUT2D eigenvalue weighted by molar-refractivity contribution is 6.09. The Bertz CT molecular complexity index is 1010. The highest BCUT2D eigenvalue weighted by Gasteiger charge is 2.20. The van der Waals surface area contributed by atoms with Gasteiger partial charge in [-0.05, 0) is 24.6 Å². The fourth-order valence-corrected chi connectivity index (χ4v) is 3.15. The second kappa shape index (κ2) is 4.70. The molecule has 0 spiro atoms. The summed E-state index contributed by atoms with van der Waals surface area (Å²) in [4.78, 5) is 0. The van der Waals surface area contributed by atoms with Crippen molar-refractivity contribution in [3.05, 3.63) is 65.9 Å². The summed E-state index contributed by atoms with van der Waals surface area (Å²) >= 11 is 0. The molecule has 0 amide bonds. The van der Waals surface area contributed by atoms with Crippen LogP contribution in [0.15, 0.2) is 59.0 Å². The van der Waals surface area contributed by atoms with Gasteiger partial charge in [-0.3, -0.25) is 0 Å². The van der Waals surface area contributed by atoms with Crippen molar-refractivity contribution in [2.45, 2.75) is 13.8 Å². The maximum absolute atomic E-state index is 6.20. The summed E-state index contributed by atoms with van der Waals surface area (Å²) in [6.07, 6.45) is 0. The standard InChI is InChI=1S/C20H18NO/c1-13-11-12-16-15-8-4-5-10-18(15)22-20(16)19(13)17-9-6-7-14(2)21(17)3/h4-12H,1-3H3/q+1. The topological polar surface area (TPSA) is 17.0 Å². The van der Waals surface area contributed by atoms with E-state index in [1.807, 2.05) is 12.1 Å². The van der Waals surface area contributed by atoms with Crippen LogP contribution in [0, 0.1) is 13.8 Å². The molecule has 2 aromatic carbocycles. The van der Waals surface area contributed by atoms with E-state index in [9.17, 15) is 0 Å². The van der Waals surface area contributed by atoms with Crippen molar-refractivity contribution < 1.29 is 8.98 Å². The van der Waals surface area contributed by atoms with Gasteiger partial charge in [-0.15, -0.1) is 0 Å². The van der Waals surface area contributed by atoms with Crippen LogP contribution >= 0.6 is 0 Å². The molecular weight excluding hydrogens is 270 g/mol. The smallest absolute Gasteiger partial charge is 0.216 e. The Morgan fingerprint density at radius 1 is 0.818 bits per heavy atom. The van der Waals surface area contributed by atoms with Gasteiger partial charge in [0.2, 0.25) is 5.69 Å².